The van der Waals surface area contributed by atoms with Crippen molar-refractivity contribution in [1.82, 2.24) is 9.97 Å². The summed E-state index contributed by atoms with van der Waals surface area (Å²) in [6, 6.07) is 14.3. The Bertz CT molecular complexity index is 836. The van der Waals surface area contributed by atoms with Gasteiger partial charge in [-0.3, -0.25) is 15.1 Å². The first-order valence-electron chi connectivity index (χ1n) is 6.27. The summed E-state index contributed by atoms with van der Waals surface area (Å²) in [5.41, 5.74) is 2.13. The van der Waals surface area contributed by atoms with Crippen molar-refractivity contribution in [2.45, 2.75) is 6.42 Å². The second-order valence-electron chi connectivity index (χ2n) is 4.57. The van der Waals surface area contributed by atoms with Crippen LogP contribution >= 0.6 is 11.6 Å². The molecule has 3 aromatic rings. The number of rotatable bonds is 3. The molecule has 1 aromatic carbocycles. The number of hydrogen-bond donors (Lipinski definition) is 0. The number of benzene rings is 1. The predicted octanol–water partition coefficient (Wildman–Crippen LogP) is 3.78. The Morgan fingerprint density at radius 2 is 1.86 bits per heavy atom. The van der Waals surface area contributed by atoms with E-state index < -0.39 is 4.92 Å². The normalized spacial score (nSPS) is 10.7. The van der Waals surface area contributed by atoms with Crippen LogP contribution in [0, 0.1) is 10.1 Å². The van der Waals surface area contributed by atoms with E-state index in [-0.39, 0.29) is 10.8 Å². The van der Waals surface area contributed by atoms with Crippen molar-refractivity contribution >= 4 is 28.2 Å². The van der Waals surface area contributed by atoms with Gasteiger partial charge in [0.25, 0.3) is 5.69 Å². The topological polar surface area (TPSA) is 68.9 Å². The first kappa shape index (κ1) is 13.5. The van der Waals surface area contributed by atoms with Gasteiger partial charge in [-0.05, 0) is 12.1 Å². The summed E-state index contributed by atoms with van der Waals surface area (Å²) < 4.78 is 0. The zero-order valence-corrected chi connectivity index (χ0v) is 11.6. The highest BCUT2D eigenvalue weighted by Gasteiger charge is 2.11. The van der Waals surface area contributed by atoms with E-state index in [1.165, 1.54) is 12.1 Å². The van der Waals surface area contributed by atoms with Gasteiger partial charge >= 0.3 is 0 Å². The maximum absolute atomic E-state index is 10.8. The minimum Gasteiger partial charge on any atom is -0.258 e. The highest BCUT2D eigenvalue weighted by molar-refractivity contribution is 6.29. The van der Waals surface area contributed by atoms with Crippen molar-refractivity contribution in [3.05, 3.63) is 75.2 Å². The van der Waals surface area contributed by atoms with Crippen molar-refractivity contribution in [2.75, 3.05) is 0 Å². The van der Waals surface area contributed by atoms with Crippen LogP contribution in [0.1, 0.15) is 11.4 Å². The summed E-state index contributed by atoms with van der Waals surface area (Å²) in [5, 5.41) is 12.0. The van der Waals surface area contributed by atoms with Crippen LogP contribution in [0.15, 0.2) is 48.5 Å². The highest BCUT2D eigenvalue weighted by atomic mass is 35.5. The zero-order chi connectivity index (χ0) is 14.8. The van der Waals surface area contributed by atoms with Crippen LogP contribution in [-0.4, -0.2) is 14.9 Å². The molecule has 0 radical (unpaired) electrons. The minimum absolute atomic E-state index is 0.0641. The fraction of sp³-hybridized carbons (Fsp3) is 0.0667. The molecule has 0 amide bonds. The predicted molar refractivity (Wildman–Crippen MR) is 80.5 cm³/mol. The Morgan fingerprint density at radius 3 is 2.67 bits per heavy atom. The molecule has 0 fully saturated rings. The van der Waals surface area contributed by atoms with E-state index in [9.17, 15) is 10.1 Å². The Morgan fingerprint density at radius 1 is 1.05 bits per heavy atom. The lowest BCUT2D eigenvalue weighted by Gasteiger charge is -2.03. The lowest BCUT2D eigenvalue weighted by atomic mass is 10.1. The van der Waals surface area contributed by atoms with E-state index in [4.69, 9.17) is 11.6 Å². The molecule has 0 spiro atoms. The highest BCUT2D eigenvalue weighted by Crippen LogP contribution is 2.20. The van der Waals surface area contributed by atoms with Gasteiger partial charge in [-0.25, -0.2) is 4.98 Å². The molecular formula is C15H10ClN3O2. The monoisotopic (exact) mass is 299 g/mol. The van der Waals surface area contributed by atoms with E-state index in [1.807, 2.05) is 36.4 Å². The molecule has 0 aliphatic rings. The van der Waals surface area contributed by atoms with Gasteiger partial charge in [-0.1, -0.05) is 35.9 Å². The van der Waals surface area contributed by atoms with Gasteiger partial charge in [0.1, 0.15) is 5.15 Å². The van der Waals surface area contributed by atoms with Crippen LogP contribution in [0.2, 0.25) is 5.15 Å². The molecule has 0 atom stereocenters. The molecule has 0 N–H and O–H groups in total. The van der Waals surface area contributed by atoms with E-state index in [1.54, 1.807) is 0 Å². The number of para-hydroxylation sites is 1. The molecule has 21 heavy (non-hydrogen) atoms. The van der Waals surface area contributed by atoms with E-state index in [2.05, 4.69) is 9.97 Å². The maximum atomic E-state index is 10.8. The second kappa shape index (κ2) is 5.46. The van der Waals surface area contributed by atoms with Crippen molar-refractivity contribution in [3.8, 4) is 0 Å². The average Bonchev–Trinajstić information content (AvgIpc) is 2.46. The van der Waals surface area contributed by atoms with Crippen molar-refractivity contribution in [1.29, 1.82) is 0 Å². The number of hydrogen-bond acceptors (Lipinski definition) is 4. The third kappa shape index (κ3) is 2.98. The van der Waals surface area contributed by atoms with Gasteiger partial charge in [0.2, 0.25) is 0 Å². The van der Waals surface area contributed by atoms with Gasteiger partial charge in [0.05, 0.1) is 22.2 Å². The van der Waals surface area contributed by atoms with Crippen LogP contribution < -0.4 is 0 Å². The van der Waals surface area contributed by atoms with E-state index >= 15 is 0 Å². The third-order valence-electron chi connectivity index (χ3n) is 3.06. The fourth-order valence-electron chi connectivity index (χ4n) is 2.12. The molecule has 6 heteroatoms. The van der Waals surface area contributed by atoms with E-state index in [0.29, 0.717) is 12.1 Å². The van der Waals surface area contributed by atoms with Crippen molar-refractivity contribution in [2.24, 2.45) is 0 Å². The van der Waals surface area contributed by atoms with Crippen LogP contribution in [0.25, 0.3) is 10.9 Å². The maximum Gasteiger partial charge on any atom is 0.274 e. The summed E-state index contributed by atoms with van der Waals surface area (Å²) in [6.07, 6.45) is 0.395. The Kier molecular flexibility index (Phi) is 3.50. The summed E-state index contributed by atoms with van der Waals surface area (Å²) >= 11 is 5.82. The minimum atomic E-state index is -0.481. The average molecular weight is 300 g/mol. The van der Waals surface area contributed by atoms with Gasteiger partial charge < -0.3 is 0 Å². The molecule has 3 rings (SSSR count). The van der Waals surface area contributed by atoms with Gasteiger partial charge in [0, 0.05) is 23.6 Å². The molecule has 0 aliphatic heterocycles. The molecule has 0 bridgehead atoms. The summed E-state index contributed by atoms with van der Waals surface area (Å²) in [5.74, 6) is 0. The Hall–Kier alpha value is -2.53. The molecule has 0 saturated carbocycles. The molecule has 5 nitrogen and oxygen atoms in total. The number of fused-ring (bicyclic) bond motifs is 1. The first-order chi connectivity index (χ1) is 10.1. The van der Waals surface area contributed by atoms with Crippen molar-refractivity contribution < 1.29 is 4.92 Å². The lowest BCUT2D eigenvalue weighted by molar-refractivity contribution is -0.385. The SMILES string of the molecule is O=[N+]([O-])c1cc(Cl)nc(Cc2ccc3ccccc3n2)c1. The molecule has 0 saturated heterocycles. The molecule has 2 heterocycles. The Labute approximate surface area is 125 Å². The molecular weight excluding hydrogens is 290 g/mol. The van der Waals surface area contributed by atoms with Gasteiger partial charge in [-0.15, -0.1) is 0 Å². The largest absolute Gasteiger partial charge is 0.274 e. The number of nitro groups is 1. The second-order valence-corrected chi connectivity index (χ2v) is 4.96. The van der Waals surface area contributed by atoms with Crippen LogP contribution in [-0.2, 0) is 6.42 Å². The zero-order valence-electron chi connectivity index (χ0n) is 10.9. The number of aromatic nitrogens is 2. The standard InChI is InChI=1S/C15H10ClN3O2/c16-15-9-13(19(20)21)8-12(18-15)7-11-6-5-10-3-1-2-4-14(10)17-11/h1-6,8-9H,7H2. The Balaban J connectivity index is 1.96. The summed E-state index contributed by atoms with van der Waals surface area (Å²) in [4.78, 5) is 19.0. The van der Waals surface area contributed by atoms with Crippen LogP contribution in [0.5, 0.6) is 0 Å². The molecule has 0 unspecified atom stereocenters. The number of halogens is 1. The van der Waals surface area contributed by atoms with Crippen LogP contribution in [0.3, 0.4) is 0 Å². The third-order valence-corrected chi connectivity index (χ3v) is 3.25. The first-order valence-corrected chi connectivity index (χ1v) is 6.65. The number of pyridine rings is 2. The van der Waals surface area contributed by atoms with Gasteiger partial charge in [0.15, 0.2) is 0 Å². The number of nitrogens with zero attached hydrogens (tertiary/aromatic N) is 3. The molecule has 104 valence electrons. The fourth-order valence-corrected chi connectivity index (χ4v) is 2.34. The quantitative estimate of drug-likeness (QED) is 0.419. The van der Waals surface area contributed by atoms with Crippen LogP contribution in [0.4, 0.5) is 5.69 Å². The van der Waals surface area contributed by atoms with E-state index in [0.717, 1.165) is 16.6 Å². The summed E-state index contributed by atoms with van der Waals surface area (Å²) in [7, 11) is 0. The van der Waals surface area contributed by atoms with Crippen molar-refractivity contribution in [3.63, 3.8) is 0 Å². The summed E-state index contributed by atoms with van der Waals surface area (Å²) in [6.45, 7) is 0. The molecule has 2 aromatic heterocycles. The van der Waals surface area contributed by atoms with Gasteiger partial charge in [-0.2, -0.15) is 0 Å². The molecule has 0 aliphatic carbocycles. The lowest BCUT2D eigenvalue weighted by Crippen LogP contribution is -1.98. The smallest absolute Gasteiger partial charge is 0.258 e.